The first-order valence-corrected chi connectivity index (χ1v) is 7.15. The van der Waals surface area contributed by atoms with E-state index in [0.29, 0.717) is 24.9 Å². The highest BCUT2D eigenvalue weighted by Gasteiger charge is 2.23. The summed E-state index contributed by atoms with van der Waals surface area (Å²) in [6, 6.07) is 2.32. The van der Waals surface area contributed by atoms with Gasteiger partial charge in [-0.1, -0.05) is 6.92 Å². The highest BCUT2D eigenvalue weighted by atomic mass is 16.1. The predicted molar refractivity (Wildman–Crippen MR) is 74.6 cm³/mol. The Morgan fingerprint density at radius 3 is 3.16 bits per heavy atom. The number of hydrogen-bond donors (Lipinski definition) is 2. The van der Waals surface area contributed by atoms with E-state index in [4.69, 9.17) is 0 Å². The second-order valence-electron chi connectivity index (χ2n) is 5.58. The maximum Gasteiger partial charge on any atom is 0.221 e. The molecular formula is C14H24N4O. The summed E-state index contributed by atoms with van der Waals surface area (Å²) in [5, 5.41) is 10.6. The quantitative estimate of drug-likeness (QED) is 0.839. The lowest BCUT2D eigenvalue weighted by Crippen LogP contribution is -2.45. The SMILES string of the molecule is CC(Cn1cccn1)NC(=O)CC1NCCCC1C. The molecular weight excluding hydrogens is 240 g/mol. The third-order valence-electron chi connectivity index (χ3n) is 3.76. The summed E-state index contributed by atoms with van der Waals surface area (Å²) in [6.45, 7) is 5.98. The molecule has 0 radical (unpaired) electrons. The van der Waals surface area contributed by atoms with Crippen LogP contribution in [0.25, 0.3) is 0 Å². The molecule has 2 rings (SSSR count). The molecule has 1 aliphatic rings. The standard InChI is InChI=1S/C14H24N4O/c1-11-5-3-6-15-13(11)9-14(19)17-12(2)10-18-8-4-7-16-18/h4,7-8,11-13,15H,3,5-6,9-10H2,1-2H3,(H,17,19). The van der Waals surface area contributed by atoms with E-state index in [0.717, 1.165) is 6.54 Å². The Morgan fingerprint density at radius 1 is 1.63 bits per heavy atom. The van der Waals surface area contributed by atoms with Crippen LogP contribution in [0.2, 0.25) is 0 Å². The highest BCUT2D eigenvalue weighted by Crippen LogP contribution is 2.17. The molecule has 0 saturated carbocycles. The molecule has 19 heavy (non-hydrogen) atoms. The molecule has 0 aliphatic carbocycles. The normalized spacial score (nSPS) is 24.9. The van der Waals surface area contributed by atoms with Crippen molar-refractivity contribution in [3.05, 3.63) is 18.5 Å². The van der Waals surface area contributed by atoms with Crippen molar-refractivity contribution in [2.24, 2.45) is 5.92 Å². The molecule has 1 amide bonds. The first kappa shape index (κ1) is 14.1. The van der Waals surface area contributed by atoms with Crippen LogP contribution in [0.15, 0.2) is 18.5 Å². The van der Waals surface area contributed by atoms with Crippen molar-refractivity contribution < 1.29 is 4.79 Å². The number of piperidine rings is 1. The van der Waals surface area contributed by atoms with E-state index in [1.165, 1.54) is 12.8 Å². The molecule has 106 valence electrons. The van der Waals surface area contributed by atoms with Gasteiger partial charge in [0.05, 0.1) is 6.54 Å². The zero-order chi connectivity index (χ0) is 13.7. The van der Waals surface area contributed by atoms with Gasteiger partial charge in [-0.3, -0.25) is 9.48 Å². The maximum absolute atomic E-state index is 12.0. The van der Waals surface area contributed by atoms with Crippen molar-refractivity contribution in [3.63, 3.8) is 0 Å². The van der Waals surface area contributed by atoms with Gasteiger partial charge in [0.15, 0.2) is 0 Å². The molecule has 1 aromatic rings. The number of hydrogen-bond acceptors (Lipinski definition) is 3. The van der Waals surface area contributed by atoms with Gasteiger partial charge in [0, 0.05) is 30.9 Å². The van der Waals surface area contributed by atoms with Gasteiger partial charge in [0.1, 0.15) is 0 Å². The smallest absolute Gasteiger partial charge is 0.221 e. The number of rotatable bonds is 5. The molecule has 0 spiro atoms. The molecule has 1 fully saturated rings. The molecule has 1 aliphatic heterocycles. The Bertz CT molecular complexity index is 390. The van der Waals surface area contributed by atoms with Crippen LogP contribution in [0.1, 0.15) is 33.1 Å². The summed E-state index contributed by atoms with van der Waals surface area (Å²) < 4.78 is 1.84. The minimum absolute atomic E-state index is 0.103. The summed E-state index contributed by atoms with van der Waals surface area (Å²) in [4.78, 5) is 12.0. The topological polar surface area (TPSA) is 59.0 Å². The fraction of sp³-hybridized carbons (Fsp3) is 0.714. The number of nitrogens with zero attached hydrogens (tertiary/aromatic N) is 2. The Labute approximate surface area is 114 Å². The molecule has 5 heteroatoms. The molecule has 3 unspecified atom stereocenters. The molecule has 5 nitrogen and oxygen atoms in total. The summed E-state index contributed by atoms with van der Waals surface area (Å²) in [5.74, 6) is 0.715. The highest BCUT2D eigenvalue weighted by molar-refractivity contribution is 5.76. The minimum atomic E-state index is 0.103. The molecule has 2 N–H and O–H groups in total. The largest absolute Gasteiger partial charge is 0.352 e. The Hall–Kier alpha value is -1.36. The van der Waals surface area contributed by atoms with Crippen LogP contribution in [-0.2, 0) is 11.3 Å². The predicted octanol–water partition coefficient (Wildman–Crippen LogP) is 1.17. The van der Waals surface area contributed by atoms with Crippen molar-refractivity contribution in [2.45, 2.75) is 51.7 Å². The third-order valence-corrected chi connectivity index (χ3v) is 3.76. The minimum Gasteiger partial charge on any atom is -0.352 e. The van der Waals surface area contributed by atoms with Crippen LogP contribution in [0.5, 0.6) is 0 Å². The van der Waals surface area contributed by atoms with Crippen LogP contribution in [0, 0.1) is 5.92 Å². The van der Waals surface area contributed by atoms with Crippen molar-refractivity contribution in [1.29, 1.82) is 0 Å². The lowest BCUT2D eigenvalue weighted by Gasteiger charge is -2.30. The Kier molecular flexibility index (Phi) is 4.96. The van der Waals surface area contributed by atoms with E-state index >= 15 is 0 Å². The van der Waals surface area contributed by atoms with Crippen molar-refractivity contribution in [1.82, 2.24) is 20.4 Å². The second kappa shape index (κ2) is 6.70. The average Bonchev–Trinajstić information content (AvgIpc) is 2.84. The summed E-state index contributed by atoms with van der Waals surface area (Å²) in [6.07, 6.45) is 6.67. The van der Waals surface area contributed by atoms with Gasteiger partial charge >= 0.3 is 0 Å². The molecule has 1 aromatic heterocycles. The molecule has 3 atom stereocenters. The van der Waals surface area contributed by atoms with Crippen molar-refractivity contribution in [3.8, 4) is 0 Å². The average molecular weight is 264 g/mol. The van der Waals surface area contributed by atoms with Gasteiger partial charge < -0.3 is 10.6 Å². The van der Waals surface area contributed by atoms with Crippen LogP contribution in [0.3, 0.4) is 0 Å². The summed E-state index contributed by atoms with van der Waals surface area (Å²) in [7, 11) is 0. The molecule has 2 heterocycles. The number of nitrogens with one attached hydrogen (secondary N) is 2. The van der Waals surface area contributed by atoms with Crippen LogP contribution in [0.4, 0.5) is 0 Å². The van der Waals surface area contributed by atoms with Crippen LogP contribution >= 0.6 is 0 Å². The zero-order valence-electron chi connectivity index (χ0n) is 11.8. The van der Waals surface area contributed by atoms with E-state index in [1.54, 1.807) is 6.20 Å². The summed E-state index contributed by atoms with van der Waals surface area (Å²) >= 11 is 0. The van der Waals surface area contributed by atoms with E-state index in [1.807, 2.05) is 23.9 Å². The molecule has 1 saturated heterocycles. The van der Waals surface area contributed by atoms with Gasteiger partial charge in [-0.05, 0) is 38.3 Å². The lowest BCUT2D eigenvalue weighted by atomic mass is 9.90. The first-order valence-electron chi connectivity index (χ1n) is 7.15. The fourth-order valence-corrected chi connectivity index (χ4v) is 2.66. The van der Waals surface area contributed by atoms with E-state index in [-0.39, 0.29) is 11.9 Å². The van der Waals surface area contributed by atoms with Gasteiger partial charge in [0.2, 0.25) is 5.91 Å². The van der Waals surface area contributed by atoms with Gasteiger partial charge in [-0.15, -0.1) is 0 Å². The fourth-order valence-electron chi connectivity index (χ4n) is 2.66. The van der Waals surface area contributed by atoms with Crippen LogP contribution in [-0.4, -0.2) is 34.3 Å². The maximum atomic E-state index is 12.0. The van der Waals surface area contributed by atoms with Gasteiger partial charge in [0.25, 0.3) is 0 Å². The van der Waals surface area contributed by atoms with Gasteiger partial charge in [-0.2, -0.15) is 5.10 Å². The number of carbonyl (C=O) groups is 1. The molecule has 0 aromatic carbocycles. The van der Waals surface area contributed by atoms with Crippen molar-refractivity contribution >= 4 is 5.91 Å². The van der Waals surface area contributed by atoms with E-state index in [2.05, 4.69) is 22.7 Å². The second-order valence-corrected chi connectivity index (χ2v) is 5.58. The van der Waals surface area contributed by atoms with Crippen molar-refractivity contribution in [2.75, 3.05) is 6.54 Å². The van der Waals surface area contributed by atoms with E-state index < -0.39 is 0 Å². The van der Waals surface area contributed by atoms with Crippen LogP contribution < -0.4 is 10.6 Å². The Balaban J connectivity index is 1.74. The third kappa shape index (κ3) is 4.35. The monoisotopic (exact) mass is 264 g/mol. The zero-order valence-corrected chi connectivity index (χ0v) is 11.8. The van der Waals surface area contributed by atoms with Gasteiger partial charge in [-0.25, -0.2) is 0 Å². The molecule has 0 bridgehead atoms. The number of amides is 1. The van der Waals surface area contributed by atoms with E-state index in [9.17, 15) is 4.79 Å². The lowest BCUT2D eigenvalue weighted by molar-refractivity contribution is -0.122. The Morgan fingerprint density at radius 2 is 2.47 bits per heavy atom. The number of carbonyl (C=O) groups excluding carboxylic acids is 1. The first-order chi connectivity index (χ1) is 9.15. The summed E-state index contributed by atoms with van der Waals surface area (Å²) in [5.41, 5.74) is 0. The number of aromatic nitrogens is 2.